The van der Waals surface area contributed by atoms with Gasteiger partial charge in [0.1, 0.15) is 18.6 Å². The van der Waals surface area contributed by atoms with Gasteiger partial charge in [-0.3, -0.25) is 4.90 Å². The molecule has 5 nitrogen and oxygen atoms in total. The normalized spacial score (nSPS) is 16.2. The number of rotatable bonds is 5. The van der Waals surface area contributed by atoms with Crippen LogP contribution in [0.15, 0.2) is 53.8 Å². The predicted molar refractivity (Wildman–Crippen MR) is 97.9 cm³/mol. The molecule has 0 atom stereocenters. The monoisotopic (exact) mass is 344 g/mol. The zero-order valence-electron chi connectivity index (χ0n) is 13.7. The largest absolute Gasteiger partial charge is 0.399 e. The van der Waals surface area contributed by atoms with Gasteiger partial charge in [-0.2, -0.15) is 0 Å². The Morgan fingerprint density at radius 3 is 2.50 bits per heavy atom. The maximum Gasteiger partial charge on any atom is 0.128 e. The van der Waals surface area contributed by atoms with Crippen LogP contribution in [0, 0.1) is 0 Å². The minimum absolute atomic E-state index is 0.722. The van der Waals surface area contributed by atoms with E-state index >= 15 is 0 Å². The lowest BCUT2D eigenvalue weighted by atomic mass is 10.1. The zero-order chi connectivity index (χ0) is 16.8. The maximum atomic E-state index is 5.97. The van der Waals surface area contributed by atoms with Gasteiger partial charge in [0.15, 0.2) is 0 Å². The molecule has 0 saturated carbocycles. The Balaban J connectivity index is 1.61. The average molecular weight is 345 g/mol. The lowest BCUT2D eigenvalue weighted by Crippen LogP contribution is -2.48. The molecule has 1 aliphatic rings. The molecular formula is C18H21ClN4O. The third-order valence-electron chi connectivity index (χ3n) is 4.10. The van der Waals surface area contributed by atoms with E-state index in [2.05, 4.69) is 26.0 Å². The van der Waals surface area contributed by atoms with Crippen molar-refractivity contribution in [1.29, 1.82) is 0 Å². The highest BCUT2D eigenvalue weighted by Gasteiger charge is 2.19. The van der Waals surface area contributed by atoms with Crippen LogP contribution in [0.25, 0.3) is 0 Å². The average Bonchev–Trinajstić information content (AvgIpc) is 2.63. The number of oxime groups is 1. The molecule has 0 radical (unpaired) electrons. The van der Waals surface area contributed by atoms with E-state index in [9.17, 15) is 0 Å². The number of pyridine rings is 1. The molecule has 24 heavy (non-hydrogen) atoms. The Hall–Kier alpha value is -2.11. The number of halogens is 1. The fourth-order valence-electron chi connectivity index (χ4n) is 2.81. The number of piperazine rings is 1. The lowest BCUT2D eigenvalue weighted by Gasteiger charge is -2.35. The van der Waals surface area contributed by atoms with Crippen molar-refractivity contribution in [3.8, 4) is 0 Å². The van der Waals surface area contributed by atoms with E-state index in [4.69, 9.17) is 16.4 Å². The standard InChI is InChI=1S/C18H21ClN4O/c1-24-21-17(15-5-7-16(19)8-6-15)14-22-10-12-23(13-11-22)18-4-2-3-9-20-18/h2-9H,10-14H2,1H3/b21-17+. The van der Waals surface area contributed by atoms with E-state index in [1.807, 2.05) is 42.6 Å². The molecule has 6 heteroatoms. The number of nitrogens with zero attached hydrogens (tertiary/aromatic N) is 4. The topological polar surface area (TPSA) is 41.0 Å². The highest BCUT2D eigenvalue weighted by atomic mass is 35.5. The minimum atomic E-state index is 0.722. The second-order valence-corrected chi connectivity index (χ2v) is 6.12. The van der Waals surface area contributed by atoms with E-state index in [1.54, 1.807) is 7.11 Å². The molecule has 1 aromatic carbocycles. The molecule has 3 rings (SSSR count). The van der Waals surface area contributed by atoms with Gasteiger partial charge in [0, 0.05) is 49.5 Å². The first-order chi connectivity index (χ1) is 11.8. The summed E-state index contributed by atoms with van der Waals surface area (Å²) >= 11 is 5.97. The van der Waals surface area contributed by atoms with Crippen LogP contribution in [0.5, 0.6) is 0 Å². The second kappa shape index (κ2) is 8.13. The molecule has 126 valence electrons. The lowest BCUT2D eigenvalue weighted by molar-refractivity contribution is 0.209. The molecule has 2 aromatic rings. The molecule has 0 amide bonds. The van der Waals surface area contributed by atoms with E-state index in [1.165, 1.54) is 0 Å². The first kappa shape index (κ1) is 16.7. The summed E-state index contributed by atoms with van der Waals surface area (Å²) in [7, 11) is 1.58. The summed E-state index contributed by atoms with van der Waals surface area (Å²) < 4.78 is 0. The van der Waals surface area contributed by atoms with E-state index < -0.39 is 0 Å². The quantitative estimate of drug-likeness (QED) is 0.617. The Morgan fingerprint density at radius 1 is 1.12 bits per heavy atom. The van der Waals surface area contributed by atoms with Crippen LogP contribution in [0.3, 0.4) is 0 Å². The highest BCUT2D eigenvalue weighted by molar-refractivity contribution is 6.30. The van der Waals surface area contributed by atoms with Crippen molar-refractivity contribution >= 4 is 23.1 Å². The summed E-state index contributed by atoms with van der Waals surface area (Å²) in [6, 6.07) is 13.7. The zero-order valence-corrected chi connectivity index (χ0v) is 14.5. The SMILES string of the molecule is CO/N=C(\CN1CCN(c2ccccn2)CC1)c1ccc(Cl)cc1. The molecular weight excluding hydrogens is 324 g/mol. The third kappa shape index (κ3) is 4.24. The number of anilines is 1. The number of hydrogen-bond donors (Lipinski definition) is 0. The van der Waals surface area contributed by atoms with E-state index in [-0.39, 0.29) is 0 Å². The maximum absolute atomic E-state index is 5.97. The first-order valence-corrected chi connectivity index (χ1v) is 8.38. The minimum Gasteiger partial charge on any atom is -0.399 e. The van der Waals surface area contributed by atoms with E-state index in [0.29, 0.717) is 0 Å². The smallest absolute Gasteiger partial charge is 0.128 e. The summed E-state index contributed by atoms with van der Waals surface area (Å²) in [5.74, 6) is 1.04. The summed E-state index contributed by atoms with van der Waals surface area (Å²) in [5.41, 5.74) is 1.95. The highest BCUT2D eigenvalue weighted by Crippen LogP contribution is 2.14. The van der Waals surface area contributed by atoms with Crippen molar-refractivity contribution in [2.75, 3.05) is 44.7 Å². The van der Waals surface area contributed by atoms with Crippen LogP contribution < -0.4 is 4.90 Å². The van der Waals surface area contributed by atoms with Crippen molar-refractivity contribution in [3.63, 3.8) is 0 Å². The third-order valence-corrected chi connectivity index (χ3v) is 4.35. The van der Waals surface area contributed by atoms with E-state index in [0.717, 1.165) is 54.8 Å². The van der Waals surface area contributed by atoms with Crippen molar-refractivity contribution in [3.05, 3.63) is 59.2 Å². The van der Waals surface area contributed by atoms with Gasteiger partial charge < -0.3 is 9.74 Å². The summed E-state index contributed by atoms with van der Waals surface area (Å²) in [6.45, 7) is 4.60. The second-order valence-electron chi connectivity index (χ2n) is 5.68. The van der Waals surface area contributed by atoms with Crippen LogP contribution in [0.1, 0.15) is 5.56 Å². The molecule has 1 aliphatic heterocycles. The molecule has 2 heterocycles. The molecule has 0 aliphatic carbocycles. The van der Waals surface area contributed by atoms with Crippen molar-refractivity contribution < 1.29 is 4.84 Å². The summed E-state index contributed by atoms with van der Waals surface area (Å²) in [6.07, 6.45) is 1.84. The summed E-state index contributed by atoms with van der Waals surface area (Å²) in [4.78, 5) is 14.1. The molecule has 1 aromatic heterocycles. The van der Waals surface area contributed by atoms with Crippen LogP contribution in [0.4, 0.5) is 5.82 Å². The first-order valence-electron chi connectivity index (χ1n) is 8.00. The molecule has 0 bridgehead atoms. The van der Waals surface area contributed by atoms with Crippen molar-refractivity contribution in [2.24, 2.45) is 5.16 Å². The Labute approximate surface area is 147 Å². The van der Waals surface area contributed by atoms with Crippen LogP contribution in [-0.4, -0.2) is 55.4 Å². The van der Waals surface area contributed by atoms with Gasteiger partial charge in [-0.15, -0.1) is 0 Å². The fourth-order valence-corrected chi connectivity index (χ4v) is 2.94. The summed E-state index contributed by atoms with van der Waals surface area (Å²) in [5, 5.41) is 4.92. The molecule has 0 unspecified atom stereocenters. The van der Waals surface area contributed by atoms with Crippen molar-refractivity contribution in [1.82, 2.24) is 9.88 Å². The molecule has 0 spiro atoms. The van der Waals surface area contributed by atoms with Gasteiger partial charge in [-0.05, 0) is 24.3 Å². The Bertz CT molecular complexity index is 667. The molecule has 0 N–H and O–H groups in total. The Morgan fingerprint density at radius 2 is 1.88 bits per heavy atom. The van der Waals surface area contributed by atoms with Crippen LogP contribution in [-0.2, 0) is 4.84 Å². The number of hydrogen-bond acceptors (Lipinski definition) is 5. The van der Waals surface area contributed by atoms with Gasteiger partial charge in [0.05, 0.1) is 0 Å². The number of benzene rings is 1. The predicted octanol–water partition coefficient (Wildman–Crippen LogP) is 2.91. The van der Waals surface area contributed by atoms with Gasteiger partial charge >= 0.3 is 0 Å². The Kier molecular flexibility index (Phi) is 5.67. The molecule has 1 saturated heterocycles. The number of aromatic nitrogens is 1. The van der Waals surface area contributed by atoms with Gasteiger partial charge in [0.2, 0.25) is 0 Å². The van der Waals surface area contributed by atoms with Crippen LogP contribution in [0.2, 0.25) is 5.02 Å². The van der Waals surface area contributed by atoms with Gasteiger partial charge in [-0.1, -0.05) is 35.0 Å². The fraction of sp³-hybridized carbons (Fsp3) is 0.333. The van der Waals surface area contributed by atoms with Crippen LogP contribution >= 0.6 is 11.6 Å². The molecule has 1 fully saturated rings. The van der Waals surface area contributed by atoms with Crippen molar-refractivity contribution in [2.45, 2.75) is 0 Å². The van der Waals surface area contributed by atoms with Gasteiger partial charge in [-0.25, -0.2) is 4.98 Å². The van der Waals surface area contributed by atoms with Gasteiger partial charge in [0.25, 0.3) is 0 Å².